The average Bonchev–Trinajstić information content (AvgIpc) is 2.99. The highest BCUT2D eigenvalue weighted by Gasteiger charge is 2.13. The number of carbonyl (C=O) groups is 1. The van der Waals surface area contributed by atoms with Crippen LogP contribution >= 0.6 is 11.8 Å². The Balaban J connectivity index is 1.62. The largest absolute Gasteiger partial charge is 0.466 e. The summed E-state index contributed by atoms with van der Waals surface area (Å²) in [6.07, 6.45) is 1.13. The normalized spacial score (nSPS) is 14.7. The van der Waals surface area contributed by atoms with Crippen LogP contribution in [0.1, 0.15) is 40.8 Å². The van der Waals surface area contributed by atoms with Crippen LogP contribution in [-0.2, 0) is 0 Å². The fourth-order valence-electron chi connectivity index (χ4n) is 2.57. The van der Waals surface area contributed by atoms with Crippen LogP contribution in [0.25, 0.3) is 0 Å². The van der Waals surface area contributed by atoms with Crippen LogP contribution < -0.4 is 10.7 Å². The number of furan rings is 1. The Hall–Kier alpha value is -2.54. The number of nitrogens with one attached hydrogen (secondary N) is 2. The molecule has 0 saturated carbocycles. The summed E-state index contributed by atoms with van der Waals surface area (Å²) in [6.45, 7) is 6.32. The minimum Gasteiger partial charge on any atom is -0.466 e. The van der Waals surface area contributed by atoms with Crippen molar-refractivity contribution in [2.75, 3.05) is 17.6 Å². The molecule has 0 saturated heterocycles. The molecule has 2 heterocycles. The van der Waals surface area contributed by atoms with Crippen LogP contribution in [-0.4, -0.2) is 29.1 Å². The van der Waals surface area contributed by atoms with Crippen molar-refractivity contribution in [1.82, 2.24) is 5.43 Å². The number of rotatable bonds is 4. The van der Waals surface area contributed by atoms with Gasteiger partial charge in [-0.25, -0.2) is 5.43 Å². The van der Waals surface area contributed by atoms with Crippen molar-refractivity contribution in [2.45, 2.75) is 27.2 Å². The molecule has 0 radical (unpaired) electrons. The van der Waals surface area contributed by atoms with Crippen LogP contribution in [0.15, 0.2) is 44.8 Å². The molecule has 26 heavy (non-hydrogen) atoms. The zero-order valence-corrected chi connectivity index (χ0v) is 15.9. The lowest BCUT2D eigenvalue weighted by Crippen LogP contribution is -2.19. The Morgan fingerprint density at radius 3 is 2.65 bits per heavy atom. The van der Waals surface area contributed by atoms with Gasteiger partial charge in [-0.2, -0.15) is 5.10 Å². The molecule has 1 aromatic heterocycles. The standard InChI is InChI=1S/C19H22N4O2S/c1-12-11-17(14(3)25-12)18(24)23-22-13(2)15-5-7-16(8-6-15)21-19-20-9-4-10-26-19/h5-8,11H,4,9-10H2,1-3H3,(H,20,21)(H,23,24)/b22-13-. The highest BCUT2D eigenvalue weighted by Crippen LogP contribution is 2.17. The van der Waals surface area contributed by atoms with Gasteiger partial charge in [0.25, 0.3) is 5.91 Å². The number of carbonyl (C=O) groups excluding carboxylic acids is 1. The summed E-state index contributed by atoms with van der Waals surface area (Å²) in [5.74, 6) is 2.12. The summed E-state index contributed by atoms with van der Waals surface area (Å²) < 4.78 is 5.37. The van der Waals surface area contributed by atoms with Crippen molar-refractivity contribution in [1.29, 1.82) is 0 Å². The molecule has 0 aliphatic carbocycles. The number of hydrogen-bond acceptors (Lipinski definition) is 6. The molecule has 3 rings (SSSR count). The first-order valence-corrected chi connectivity index (χ1v) is 9.48. The number of benzene rings is 1. The van der Waals surface area contributed by atoms with Crippen molar-refractivity contribution in [3.63, 3.8) is 0 Å². The number of amides is 1. The molecule has 136 valence electrons. The fourth-order valence-corrected chi connectivity index (χ4v) is 3.41. The second-order valence-corrected chi connectivity index (χ2v) is 7.14. The van der Waals surface area contributed by atoms with E-state index in [0.717, 1.165) is 40.8 Å². The fraction of sp³-hybridized carbons (Fsp3) is 0.316. The maximum absolute atomic E-state index is 12.2. The number of aryl methyl sites for hydroxylation is 2. The lowest BCUT2D eigenvalue weighted by Gasteiger charge is -2.13. The van der Waals surface area contributed by atoms with Crippen LogP contribution in [0.4, 0.5) is 5.69 Å². The summed E-state index contributed by atoms with van der Waals surface area (Å²) in [5, 5.41) is 8.48. The Kier molecular flexibility index (Phi) is 5.78. The molecule has 1 aliphatic rings. The van der Waals surface area contributed by atoms with E-state index in [1.807, 2.05) is 38.1 Å². The molecule has 0 spiro atoms. The minimum atomic E-state index is -0.274. The van der Waals surface area contributed by atoms with Crippen LogP contribution in [0.5, 0.6) is 0 Å². The summed E-state index contributed by atoms with van der Waals surface area (Å²) >= 11 is 1.74. The van der Waals surface area contributed by atoms with Gasteiger partial charge in [0, 0.05) is 18.0 Å². The summed E-state index contributed by atoms with van der Waals surface area (Å²) in [4.78, 5) is 16.6. The highest BCUT2D eigenvalue weighted by molar-refractivity contribution is 8.14. The summed E-state index contributed by atoms with van der Waals surface area (Å²) in [7, 11) is 0. The number of amidine groups is 1. The molecule has 6 nitrogen and oxygen atoms in total. The molecule has 1 aliphatic heterocycles. The number of anilines is 1. The molecule has 0 bridgehead atoms. The van der Waals surface area contributed by atoms with Crippen LogP contribution in [0.3, 0.4) is 0 Å². The summed E-state index contributed by atoms with van der Waals surface area (Å²) in [5.41, 5.74) is 5.74. The second kappa shape index (κ2) is 8.23. The number of nitrogens with zero attached hydrogens (tertiary/aromatic N) is 2. The molecule has 7 heteroatoms. The van der Waals surface area contributed by atoms with Gasteiger partial charge in [0.2, 0.25) is 0 Å². The Morgan fingerprint density at radius 2 is 2.04 bits per heavy atom. The molecule has 0 fully saturated rings. The van der Waals surface area contributed by atoms with Gasteiger partial charge < -0.3 is 9.73 Å². The van der Waals surface area contributed by atoms with E-state index in [2.05, 4.69) is 20.8 Å². The van der Waals surface area contributed by atoms with E-state index in [1.54, 1.807) is 24.8 Å². The molecular formula is C19H22N4O2S. The van der Waals surface area contributed by atoms with E-state index >= 15 is 0 Å². The molecule has 0 unspecified atom stereocenters. The van der Waals surface area contributed by atoms with Crippen molar-refractivity contribution in [3.05, 3.63) is 53.0 Å². The molecule has 0 atom stereocenters. The van der Waals surface area contributed by atoms with Gasteiger partial charge in [-0.3, -0.25) is 9.79 Å². The molecule has 2 N–H and O–H groups in total. The average molecular weight is 370 g/mol. The van der Waals surface area contributed by atoms with Gasteiger partial charge in [0.1, 0.15) is 11.5 Å². The van der Waals surface area contributed by atoms with E-state index < -0.39 is 0 Å². The minimum absolute atomic E-state index is 0.274. The predicted molar refractivity (Wildman–Crippen MR) is 107 cm³/mol. The lowest BCUT2D eigenvalue weighted by molar-refractivity contribution is 0.0953. The Bertz CT molecular complexity index is 853. The second-order valence-electron chi connectivity index (χ2n) is 6.06. The maximum Gasteiger partial charge on any atom is 0.274 e. The van der Waals surface area contributed by atoms with Crippen molar-refractivity contribution in [2.24, 2.45) is 10.1 Å². The topological polar surface area (TPSA) is 79.0 Å². The van der Waals surface area contributed by atoms with E-state index in [9.17, 15) is 4.79 Å². The van der Waals surface area contributed by atoms with Crippen molar-refractivity contribution < 1.29 is 9.21 Å². The Morgan fingerprint density at radius 1 is 1.27 bits per heavy atom. The van der Waals surface area contributed by atoms with Gasteiger partial charge in [0.15, 0.2) is 5.17 Å². The molecular weight excluding hydrogens is 348 g/mol. The zero-order valence-electron chi connectivity index (χ0n) is 15.1. The smallest absolute Gasteiger partial charge is 0.274 e. The molecule has 1 amide bonds. The van der Waals surface area contributed by atoms with E-state index in [1.165, 1.54) is 0 Å². The number of hydrogen-bond donors (Lipinski definition) is 2. The number of thioether (sulfide) groups is 1. The number of hydrazone groups is 1. The summed E-state index contributed by atoms with van der Waals surface area (Å²) in [6, 6.07) is 9.61. The SMILES string of the molecule is C/C(=N/NC(=O)c1cc(C)oc1C)c1ccc(NC2=NCCCS2)cc1. The van der Waals surface area contributed by atoms with Crippen molar-refractivity contribution >= 4 is 34.2 Å². The third-order valence-electron chi connectivity index (χ3n) is 3.96. The molecule has 1 aromatic carbocycles. The van der Waals surface area contributed by atoms with Gasteiger partial charge in [-0.05, 0) is 51.0 Å². The monoisotopic (exact) mass is 370 g/mol. The van der Waals surface area contributed by atoms with Gasteiger partial charge in [-0.1, -0.05) is 23.9 Å². The Labute approximate surface area is 157 Å². The van der Waals surface area contributed by atoms with E-state index in [0.29, 0.717) is 17.1 Å². The molecule has 2 aromatic rings. The first-order chi connectivity index (χ1) is 12.5. The predicted octanol–water partition coefficient (Wildman–Crippen LogP) is 3.96. The van der Waals surface area contributed by atoms with Crippen LogP contribution in [0, 0.1) is 13.8 Å². The quantitative estimate of drug-likeness (QED) is 0.631. The highest BCUT2D eigenvalue weighted by atomic mass is 32.2. The van der Waals surface area contributed by atoms with Gasteiger partial charge in [-0.15, -0.1) is 0 Å². The van der Waals surface area contributed by atoms with Crippen LogP contribution in [0.2, 0.25) is 0 Å². The third kappa shape index (κ3) is 4.54. The number of aliphatic imine (C=N–C) groups is 1. The first kappa shape index (κ1) is 18.3. The zero-order chi connectivity index (χ0) is 18.5. The lowest BCUT2D eigenvalue weighted by atomic mass is 10.1. The maximum atomic E-state index is 12.2. The first-order valence-electron chi connectivity index (χ1n) is 8.49. The van der Waals surface area contributed by atoms with Crippen molar-refractivity contribution in [3.8, 4) is 0 Å². The third-order valence-corrected chi connectivity index (χ3v) is 4.96. The van der Waals surface area contributed by atoms with Gasteiger partial charge in [0.05, 0.1) is 11.3 Å². The van der Waals surface area contributed by atoms with E-state index in [4.69, 9.17) is 4.42 Å². The van der Waals surface area contributed by atoms with Gasteiger partial charge >= 0.3 is 0 Å². The van der Waals surface area contributed by atoms with E-state index in [-0.39, 0.29) is 5.91 Å².